The fourth-order valence-electron chi connectivity index (χ4n) is 2.36. The predicted octanol–water partition coefficient (Wildman–Crippen LogP) is 2.65. The van der Waals surface area contributed by atoms with Gasteiger partial charge < -0.3 is 15.8 Å². The molecule has 0 bridgehead atoms. The molecule has 0 spiro atoms. The van der Waals surface area contributed by atoms with Gasteiger partial charge in [0.25, 0.3) is 0 Å². The lowest BCUT2D eigenvalue weighted by Crippen LogP contribution is -2.03. The normalized spacial score (nSPS) is 11.2. The molecule has 3 rings (SSSR count). The van der Waals surface area contributed by atoms with E-state index in [1.807, 2.05) is 24.5 Å². The van der Waals surface area contributed by atoms with Crippen molar-refractivity contribution >= 4 is 39.4 Å². The van der Waals surface area contributed by atoms with Gasteiger partial charge in [0.1, 0.15) is 5.52 Å². The molecule has 5 nitrogen and oxygen atoms in total. The molecule has 0 aliphatic carbocycles. The minimum atomic E-state index is 0. The topological polar surface area (TPSA) is 88.2 Å². The molecule has 0 aliphatic heterocycles. The molecule has 0 radical (unpaired) electrons. The van der Waals surface area contributed by atoms with E-state index in [1.54, 1.807) is 0 Å². The van der Waals surface area contributed by atoms with Crippen LogP contribution in [0.5, 0.6) is 0 Å². The van der Waals surface area contributed by atoms with Gasteiger partial charge in [0.15, 0.2) is 5.82 Å². The molecule has 3 aromatic rings. The number of rotatable bonds is 2. The van der Waals surface area contributed by atoms with Gasteiger partial charge in [-0.3, -0.25) is 0 Å². The Morgan fingerprint density at radius 3 is 2.80 bits per heavy atom. The van der Waals surface area contributed by atoms with Crippen molar-refractivity contribution in [2.75, 3.05) is 5.73 Å². The summed E-state index contributed by atoms with van der Waals surface area (Å²) in [5.41, 5.74) is 8.59. The molecule has 0 fully saturated rings. The monoisotopic (exact) mass is 292 g/mol. The SMILES string of the molecule is CC(C)Cn1cnc2c(N)nc3cc(Cl)ccc3c21.O. The molecule has 4 N–H and O–H groups in total. The van der Waals surface area contributed by atoms with Gasteiger partial charge in [-0.05, 0) is 24.1 Å². The molecule has 0 saturated heterocycles. The third kappa shape index (κ3) is 2.30. The van der Waals surface area contributed by atoms with E-state index in [1.165, 1.54) is 0 Å². The van der Waals surface area contributed by atoms with Gasteiger partial charge in [0.2, 0.25) is 0 Å². The number of pyridine rings is 1. The summed E-state index contributed by atoms with van der Waals surface area (Å²) in [6, 6.07) is 5.68. The Morgan fingerprint density at radius 2 is 2.10 bits per heavy atom. The Morgan fingerprint density at radius 1 is 1.35 bits per heavy atom. The second kappa shape index (κ2) is 5.26. The second-order valence-corrected chi connectivity index (χ2v) is 5.58. The zero-order chi connectivity index (χ0) is 13.6. The van der Waals surface area contributed by atoms with Crippen LogP contribution in [0.3, 0.4) is 0 Å². The predicted molar refractivity (Wildman–Crippen MR) is 82.9 cm³/mol. The van der Waals surface area contributed by atoms with Crippen molar-refractivity contribution in [3.63, 3.8) is 0 Å². The average Bonchev–Trinajstić information content (AvgIpc) is 2.73. The quantitative estimate of drug-likeness (QED) is 0.787. The lowest BCUT2D eigenvalue weighted by Gasteiger charge is -2.09. The number of nitrogen functional groups attached to an aromatic ring is 1. The van der Waals surface area contributed by atoms with Crippen molar-refractivity contribution in [2.45, 2.75) is 20.4 Å². The highest BCUT2D eigenvalue weighted by Crippen LogP contribution is 2.29. The summed E-state index contributed by atoms with van der Waals surface area (Å²) in [7, 11) is 0. The third-order valence-corrected chi connectivity index (χ3v) is 3.33. The first-order valence-electron chi connectivity index (χ1n) is 6.26. The van der Waals surface area contributed by atoms with Crippen molar-refractivity contribution in [3.05, 3.63) is 29.5 Å². The second-order valence-electron chi connectivity index (χ2n) is 5.15. The van der Waals surface area contributed by atoms with E-state index in [4.69, 9.17) is 17.3 Å². The number of nitrogens with two attached hydrogens (primary N) is 1. The van der Waals surface area contributed by atoms with Crippen LogP contribution >= 0.6 is 11.6 Å². The van der Waals surface area contributed by atoms with Crippen LogP contribution in [0.25, 0.3) is 21.9 Å². The smallest absolute Gasteiger partial charge is 0.152 e. The van der Waals surface area contributed by atoms with E-state index >= 15 is 0 Å². The number of imidazole rings is 1. The number of halogens is 1. The van der Waals surface area contributed by atoms with Crippen LogP contribution in [0.4, 0.5) is 5.82 Å². The van der Waals surface area contributed by atoms with Gasteiger partial charge in [-0.2, -0.15) is 0 Å². The zero-order valence-corrected chi connectivity index (χ0v) is 12.1. The average molecular weight is 293 g/mol. The van der Waals surface area contributed by atoms with Crippen LogP contribution in [0.15, 0.2) is 24.5 Å². The number of anilines is 1. The van der Waals surface area contributed by atoms with Crippen molar-refractivity contribution in [1.29, 1.82) is 0 Å². The molecular formula is C14H17ClN4O. The fourth-order valence-corrected chi connectivity index (χ4v) is 2.53. The van der Waals surface area contributed by atoms with E-state index in [0.29, 0.717) is 16.8 Å². The highest BCUT2D eigenvalue weighted by molar-refractivity contribution is 6.31. The van der Waals surface area contributed by atoms with Gasteiger partial charge >= 0.3 is 0 Å². The largest absolute Gasteiger partial charge is 0.412 e. The van der Waals surface area contributed by atoms with E-state index in [9.17, 15) is 0 Å². The molecule has 0 aliphatic rings. The first kappa shape index (κ1) is 14.6. The molecule has 2 heterocycles. The van der Waals surface area contributed by atoms with Crippen molar-refractivity contribution in [1.82, 2.24) is 14.5 Å². The van der Waals surface area contributed by atoms with Crippen molar-refractivity contribution in [2.24, 2.45) is 5.92 Å². The summed E-state index contributed by atoms with van der Waals surface area (Å²) in [5.74, 6) is 0.987. The van der Waals surface area contributed by atoms with Gasteiger partial charge in [-0.25, -0.2) is 9.97 Å². The Kier molecular flexibility index (Phi) is 3.83. The summed E-state index contributed by atoms with van der Waals surface area (Å²) in [4.78, 5) is 8.76. The lowest BCUT2D eigenvalue weighted by atomic mass is 10.1. The van der Waals surface area contributed by atoms with Gasteiger partial charge in [-0.1, -0.05) is 25.4 Å². The number of benzene rings is 1. The summed E-state index contributed by atoms with van der Waals surface area (Å²) < 4.78 is 2.13. The first-order chi connectivity index (χ1) is 9.06. The van der Waals surface area contributed by atoms with Gasteiger partial charge in [-0.15, -0.1) is 0 Å². The maximum absolute atomic E-state index is 6.02. The Balaban J connectivity index is 0.00000147. The van der Waals surface area contributed by atoms with E-state index in [2.05, 4.69) is 28.4 Å². The number of nitrogens with zero attached hydrogens (tertiary/aromatic N) is 3. The Hall–Kier alpha value is -1.85. The number of fused-ring (bicyclic) bond motifs is 3. The van der Waals surface area contributed by atoms with Crippen molar-refractivity contribution in [3.8, 4) is 0 Å². The fraction of sp³-hybridized carbons (Fsp3) is 0.286. The van der Waals surface area contributed by atoms with Crippen LogP contribution in [0.2, 0.25) is 5.02 Å². The maximum Gasteiger partial charge on any atom is 0.152 e. The van der Waals surface area contributed by atoms with E-state index < -0.39 is 0 Å². The molecule has 6 heteroatoms. The third-order valence-electron chi connectivity index (χ3n) is 3.10. The van der Waals surface area contributed by atoms with Crippen LogP contribution in [0, 0.1) is 5.92 Å². The maximum atomic E-state index is 6.02. The molecular weight excluding hydrogens is 276 g/mol. The standard InChI is InChI=1S/C14H15ClN4.H2O/c1-8(2)6-19-7-17-12-13(19)10-4-3-9(15)5-11(10)18-14(12)16;/h3-5,7-8H,6H2,1-2H3,(H2,16,18);1H2. The molecule has 20 heavy (non-hydrogen) atoms. The molecule has 106 valence electrons. The number of hydrogen-bond donors (Lipinski definition) is 1. The Bertz CT molecular complexity index is 767. The molecule has 0 atom stereocenters. The highest BCUT2D eigenvalue weighted by Gasteiger charge is 2.13. The van der Waals surface area contributed by atoms with Crippen LogP contribution in [-0.4, -0.2) is 20.0 Å². The lowest BCUT2D eigenvalue weighted by molar-refractivity contribution is 0.533. The number of aromatic nitrogens is 3. The van der Waals surface area contributed by atoms with Crippen LogP contribution < -0.4 is 5.73 Å². The molecule has 0 saturated carbocycles. The van der Waals surface area contributed by atoms with Crippen molar-refractivity contribution < 1.29 is 5.48 Å². The number of hydrogen-bond acceptors (Lipinski definition) is 3. The van der Waals surface area contributed by atoms with E-state index in [-0.39, 0.29) is 5.48 Å². The summed E-state index contributed by atoms with van der Waals surface area (Å²) in [6.07, 6.45) is 1.83. The summed E-state index contributed by atoms with van der Waals surface area (Å²) in [5, 5.41) is 1.69. The summed E-state index contributed by atoms with van der Waals surface area (Å²) >= 11 is 6.02. The Labute approximate surface area is 121 Å². The minimum Gasteiger partial charge on any atom is -0.412 e. The minimum absolute atomic E-state index is 0. The molecule has 2 aromatic heterocycles. The summed E-state index contributed by atoms with van der Waals surface area (Å²) in [6.45, 7) is 5.25. The molecule has 0 amide bonds. The zero-order valence-electron chi connectivity index (χ0n) is 11.4. The van der Waals surface area contributed by atoms with Crippen LogP contribution in [-0.2, 0) is 6.54 Å². The van der Waals surface area contributed by atoms with Gasteiger partial charge in [0.05, 0.1) is 17.4 Å². The highest BCUT2D eigenvalue weighted by atomic mass is 35.5. The molecule has 1 aromatic carbocycles. The van der Waals surface area contributed by atoms with Gasteiger partial charge in [0, 0.05) is 17.0 Å². The van der Waals surface area contributed by atoms with Crippen LogP contribution in [0.1, 0.15) is 13.8 Å². The molecule has 0 unspecified atom stereocenters. The van der Waals surface area contributed by atoms with E-state index in [0.717, 1.165) is 28.5 Å². The first-order valence-corrected chi connectivity index (χ1v) is 6.63.